The summed E-state index contributed by atoms with van der Waals surface area (Å²) >= 11 is 4.95. The van der Waals surface area contributed by atoms with Gasteiger partial charge in [0.1, 0.15) is 6.61 Å². The van der Waals surface area contributed by atoms with E-state index >= 15 is 0 Å². The van der Waals surface area contributed by atoms with E-state index in [0.29, 0.717) is 17.9 Å². The van der Waals surface area contributed by atoms with Gasteiger partial charge in [-0.15, -0.1) is 11.8 Å². The molecule has 0 radical (unpaired) electrons. The predicted octanol–water partition coefficient (Wildman–Crippen LogP) is 3.70. The van der Waals surface area contributed by atoms with Crippen LogP contribution in [-0.2, 0) is 9.53 Å². The molecule has 0 saturated heterocycles. The van der Waals surface area contributed by atoms with Crippen molar-refractivity contribution < 1.29 is 14.3 Å². The summed E-state index contributed by atoms with van der Waals surface area (Å²) in [5.74, 6) is 0.502. The largest absolute Gasteiger partial charge is 0.465 e. The van der Waals surface area contributed by atoms with E-state index in [9.17, 15) is 9.59 Å². The summed E-state index contributed by atoms with van der Waals surface area (Å²) in [5.41, 5.74) is 0.686. The summed E-state index contributed by atoms with van der Waals surface area (Å²) in [6.45, 7) is 5.45. The van der Waals surface area contributed by atoms with Crippen LogP contribution in [-0.4, -0.2) is 28.4 Å². The Bertz CT molecular complexity index is 449. The van der Waals surface area contributed by atoms with Gasteiger partial charge in [0.2, 0.25) is 0 Å². The molecule has 3 nitrogen and oxygen atoms in total. The number of Topliss-reactive ketones (excluding diaryl/α,β-unsaturated/α-hetero) is 1. The standard InChI is InChI=1S/C14H17BrO3S/c1-10(16)18-8-9-19-12-6-4-11(5-7-12)13(17)14(2,3)15/h4-7H,8-9H2,1-3H3. The Morgan fingerprint density at radius 1 is 1.26 bits per heavy atom. The maximum Gasteiger partial charge on any atom is 0.302 e. The lowest BCUT2D eigenvalue weighted by atomic mass is 10.0. The van der Waals surface area contributed by atoms with E-state index in [2.05, 4.69) is 15.9 Å². The van der Waals surface area contributed by atoms with E-state index in [1.165, 1.54) is 6.92 Å². The van der Waals surface area contributed by atoms with E-state index in [0.717, 1.165) is 4.90 Å². The first-order valence-corrected chi connectivity index (χ1v) is 7.68. The molecule has 1 aromatic carbocycles. The number of esters is 1. The molecule has 0 aliphatic rings. The van der Waals surface area contributed by atoms with Gasteiger partial charge in [0.05, 0.1) is 4.32 Å². The highest BCUT2D eigenvalue weighted by atomic mass is 79.9. The highest BCUT2D eigenvalue weighted by molar-refractivity contribution is 9.10. The lowest BCUT2D eigenvalue weighted by Gasteiger charge is -2.14. The molecule has 1 rings (SSSR count). The lowest BCUT2D eigenvalue weighted by Crippen LogP contribution is -2.23. The van der Waals surface area contributed by atoms with Crippen LogP contribution in [0.15, 0.2) is 29.2 Å². The van der Waals surface area contributed by atoms with Crippen LogP contribution in [0.2, 0.25) is 0 Å². The van der Waals surface area contributed by atoms with Gasteiger partial charge >= 0.3 is 5.97 Å². The number of carbonyl (C=O) groups excluding carboxylic acids is 2. The first-order chi connectivity index (χ1) is 8.80. The molecule has 0 bridgehead atoms. The molecule has 0 aliphatic carbocycles. The first-order valence-electron chi connectivity index (χ1n) is 5.90. The first kappa shape index (κ1) is 16.2. The van der Waals surface area contributed by atoms with Crippen LogP contribution in [0.3, 0.4) is 0 Å². The number of ether oxygens (including phenoxy) is 1. The van der Waals surface area contributed by atoms with Crippen molar-refractivity contribution in [2.24, 2.45) is 0 Å². The normalized spacial score (nSPS) is 11.2. The zero-order chi connectivity index (χ0) is 14.5. The Hall–Kier alpha value is -0.810. The Labute approximate surface area is 126 Å². The molecule has 0 unspecified atom stereocenters. The zero-order valence-electron chi connectivity index (χ0n) is 11.2. The van der Waals surface area contributed by atoms with Crippen molar-refractivity contribution in [2.75, 3.05) is 12.4 Å². The zero-order valence-corrected chi connectivity index (χ0v) is 13.6. The monoisotopic (exact) mass is 344 g/mol. The topological polar surface area (TPSA) is 43.4 Å². The van der Waals surface area contributed by atoms with Crippen LogP contribution in [0, 0.1) is 0 Å². The Kier molecular flexibility index (Phi) is 6.07. The fraction of sp³-hybridized carbons (Fsp3) is 0.429. The molecule has 0 saturated carbocycles. The number of rotatable bonds is 6. The number of halogens is 1. The lowest BCUT2D eigenvalue weighted by molar-refractivity contribution is -0.140. The minimum Gasteiger partial charge on any atom is -0.465 e. The van der Waals surface area contributed by atoms with E-state index in [1.807, 2.05) is 38.1 Å². The molecule has 0 aliphatic heterocycles. The Morgan fingerprint density at radius 3 is 2.32 bits per heavy atom. The number of thioether (sulfide) groups is 1. The molecule has 0 heterocycles. The number of alkyl halides is 1. The van der Waals surface area contributed by atoms with Gasteiger partial charge in [-0.1, -0.05) is 28.1 Å². The summed E-state index contributed by atoms with van der Waals surface area (Å²) in [6, 6.07) is 7.45. The molecule has 0 amide bonds. The molecule has 1 aromatic rings. The van der Waals surface area contributed by atoms with Crippen molar-refractivity contribution in [2.45, 2.75) is 30.0 Å². The number of ketones is 1. The highest BCUT2D eigenvalue weighted by Crippen LogP contribution is 2.24. The number of hydrogen-bond donors (Lipinski definition) is 0. The van der Waals surface area contributed by atoms with Gasteiger partial charge in [-0.2, -0.15) is 0 Å². The maximum atomic E-state index is 12.0. The summed E-state index contributed by atoms with van der Waals surface area (Å²) in [5, 5.41) is 0. The summed E-state index contributed by atoms with van der Waals surface area (Å²) < 4.78 is 4.31. The number of benzene rings is 1. The molecule has 0 aromatic heterocycles. The maximum absolute atomic E-state index is 12.0. The van der Waals surface area contributed by atoms with Crippen molar-refractivity contribution >= 4 is 39.4 Å². The minimum absolute atomic E-state index is 0.0592. The molecular formula is C14H17BrO3S. The van der Waals surface area contributed by atoms with Gasteiger partial charge < -0.3 is 4.74 Å². The fourth-order valence-electron chi connectivity index (χ4n) is 1.39. The molecule has 19 heavy (non-hydrogen) atoms. The number of carbonyl (C=O) groups is 2. The van der Waals surface area contributed by atoms with Gasteiger partial charge in [-0.05, 0) is 26.0 Å². The van der Waals surface area contributed by atoms with E-state index < -0.39 is 4.32 Å². The van der Waals surface area contributed by atoms with Crippen molar-refractivity contribution in [1.82, 2.24) is 0 Å². The molecule has 5 heteroatoms. The van der Waals surface area contributed by atoms with Gasteiger partial charge in [0.15, 0.2) is 5.78 Å². The second-order valence-corrected chi connectivity index (χ2v) is 7.67. The van der Waals surface area contributed by atoms with Gasteiger partial charge in [0, 0.05) is 23.1 Å². The van der Waals surface area contributed by atoms with Crippen LogP contribution in [0.4, 0.5) is 0 Å². The van der Waals surface area contributed by atoms with Crippen LogP contribution in [0.1, 0.15) is 31.1 Å². The molecule has 0 spiro atoms. The van der Waals surface area contributed by atoms with Crippen molar-refractivity contribution in [3.63, 3.8) is 0 Å². The SMILES string of the molecule is CC(=O)OCCSc1ccc(C(=O)C(C)(C)Br)cc1. The smallest absolute Gasteiger partial charge is 0.302 e. The van der Waals surface area contributed by atoms with Gasteiger partial charge in [-0.25, -0.2) is 0 Å². The molecule has 104 valence electrons. The predicted molar refractivity (Wildman–Crippen MR) is 81.1 cm³/mol. The molecule has 0 fully saturated rings. The average Bonchev–Trinajstić information content (AvgIpc) is 2.33. The number of hydrogen-bond acceptors (Lipinski definition) is 4. The average molecular weight is 345 g/mol. The Morgan fingerprint density at radius 2 is 1.84 bits per heavy atom. The molecule has 0 atom stereocenters. The highest BCUT2D eigenvalue weighted by Gasteiger charge is 2.24. The minimum atomic E-state index is -0.545. The van der Waals surface area contributed by atoms with E-state index in [4.69, 9.17) is 4.74 Å². The summed E-state index contributed by atoms with van der Waals surface area (Å²) in [4.78, 5) is 23.6. The van der Waals surface area contributed by atoms with Crippen molar-refractivity contribution in [1.29, 1.82) is 0 Å². The van der Waals surface area contributed by atoms with Crippen LogP contribution in [0.25, 0.3) is 0 Å². The van der Waals surface area contributed by atoms with Crippen molar-refractivity contribution in [3.8, 4) is 0 Å². The fourth-order valence-corrected chi connectivity index (χ4v) is 2.35. The van der Waals surface area contributed by atoms with Crippen LogP contribution < -0.4 is 0 Å². The summed E-state index contributed by atoms with van der Waals surface area (Å²) in [7, 11) is 0. The quantitative estimate of drug-likeness (QED) is 0.259. The third kappa shape index (κ3) is 5.78. The van der Waals surface area contributed by atoms with E-state index in [1.54, 1.807) is 11.8 Å². The second kappa shape index (κ2) is 7.10. The van der Waals surface area contributed by atoms with Gasteiger partial charge in [0.25, 0.3) is 0 Å². The summed E-state index contributed by atoms with van der Waals surface area (Å²) in [6.07, 6.45) is 0. The Balaban J connectivity index is 2.53. The van der Waals surface area contributed by atoms with Crippen LogP contribution in [0.5, 0.6) is 0 Å². The van der Waals surface area contributed by atoms with Crippen molar-refractivity contribution in [3.05, 3.63) is 29.8 Å². The third-order valence-corrected chi connectivity index (χ3v) is 3.65. The second-order valence-electron chi connectivity index (χ2n) is 4.51. The third-order valence-electron chi connectivity index (χ3n) is 2.31. The molecular weight excluding hydrogens is 328 g/mol. The van der Waals surface area contributed by atoms with Gasteiger partial charge in [-0.3, -0.25) is 9.59 Å². The van der Waals surface area contributed by atoms with Crippen LogP contribution >= 0.6 is 27.7 Å². The van der Waals surface area contributed by atoms with E-state index in [-0.39, 0.29) is 11.8 Å². The molecule has 0 N–H and O–H groups in total.